The lowest BCUT2D eigenvalue weighted by Crippen LogP contribution is -2.71. The van der Waals surface area contributed by atoms with Gasteiger partial charge in [0.2, 0.25) is 23.6 Å². The van der Waals surface area contributed by atoms with Crippen LogP contribution in [-0.2, 0) is 119 Å². The summed E-state index contributed by atoms with van der Waals surface area (Å²) in [6.45, 7) is -2.00. The van der Waals surface area contributed by atoms with Crippen molar-refractivity contribution in [2.24, 2.45) is 17.8 Å². The summed E-state index contributed by atoms with van der Waals surface area (Å²) in [5.74, 6) is -5.85. The van der Waals surface area contributed by atoms with E-state index in [0.29, 0.717) is 0 Å². The number of carbonyl (C=O) groups is 4. The fraction of sp³-hybridized carbons (Fsp3) is 0.952. The molecule has 0 spiro atoms. The molecule has 0 aromatic heterocycles. The van der Waals surface area contributed by atoms with Gasteiger partial charge in [-0.05, 0) is 5.92 Å². The van der Waals surface area contributed by atoms with Gasteiger partial charge in [-0.15, -0.1) is 0 Å². The smallest absolute Gasteiger partial charge is 0.217 e. The Morgan fingerprint density at radius 3 is 0.866 bits per heavy atom. The van der Waals surface area contributed by atoms with Gasteiger partial charge in [0, 0.05) is 52.4 Å². The van der Waals surface area contributed by atoms with Gasteiger partial charge in [0.05, 0.1) is 109 Å². The molecule has 0 saturated carbocycles. The van der Waals surface area contributed by atoms with E-state index < -0.39 is 464 Å². The lowest BCUT2D eigenvalue weighted by atomic mass is 9.87. The second-order valence-electron chi connectivity index (χ2n) is 37.6. The third-order valence-corrected chi connectivity index (χ3v) is 27.2. The molecule has 11 rings (SSSR count). The van der Waals surface area contributed by atoms with Crippen LogP contribution in [0.4, 0.5) is 0 Å². The van der Waals surface area contributed by atoms with Gasteiger partial charge in [-0.25, -0.2) is 0 Å². The highest BCUT2D eigenvalue weighted by atomic mass is 16.8. The molecule has 0 aliphatic carbocycles. The molecule has 11 saturated heterocycles. The number of rotatable bonds is 40. The van der Waals surface area contributed by atoms with E-state index in [-0.39, 0.29) is 0 Å². The topological polar surface area (TPSA) is 917 Å². The second kappa shape index (κ2) is 52.2. The minimum atomic E-state index is -2.63. The minimum Gasteiger partial charge on any atom is -0.394 e. The number of hydrogen-bond donors (Lipinski definition) is 34. The van der Waals surface area contributed by atoms with Crippen LogP contribution in [0.2, 0.25) is 0 Å². The van der Waals surface area contributed by atoms with E-state index in [9.17, 15) is 172 Å². The summed E-state index contributed by atoms with van der Waals surface area (Å²) in [4.78, 5) is 52.4. The van der Waals surface area contributed by atoms with Gasteiger partial charge in [0.1, 0.15) is 238 Å². The summed E-state index contributed by atoms with van der Waals surface area (Å²) in [7, 11) is 0. The fourth-order valence-electron chi connectivity index (χ4n) is 19.3. The first-order valence-electron chi connectivity index (χ1n) is 46.7. The van der Waals surface area contributed by atoms with E-state index in [1.807, 2.05) is 0 Å². The third-order valence-electron chi connectivity index (χ3n) is 27.2. The molecule has 0 bridgehead atoms. The Morgan fingerprint density at radius 1 is 0.275 bits per heavy atom. The lowest BCUT2D eigenvalue weighted by molar-refractivity contribution is -0.399. The summed E-state index contributed by atoms with van der Waals surface area (Å²) >= 11 is 0. The van der Waals surface area contributed by atoms with Crippen molar-refractivity contribution in [2.45, 2.75) is 406 Å². The SMILES string of the molecule is CC(=O)NC1[C@H](O[C@@H]2C(CO)O[C@@H](C(C)C)C(NC(C)=O)[C@H]2O)OC(CO)[C@@H](O[C@@H]2OC(CO[C@H]3OC(CO)[C@@H](O)[C@H](O)C3O[C@@H]3OC(CO)[C@@H](O[C@@H]4OC(CO)[C@H](O)[C@H](O[C@@H]5C[C@@H](O)[C@@H](C)C([C@H](O)[C@H](O)CO)O5)C4O)[C@H](O)C3NC(C)=O)[C@@H](O)[C@H](O[C@H]3OC(CO)[C@@H](O)C(O)C3O[C@@H]3OC(CO)[C@@H](O[C@@H]4OC(CO)[C@H](O)[C@H](O[C@@H]5C[C@@H](O)[C@@H](C)C([C@H](O)[C@H](O)CO)O5)C4O)[C@H](O)C3NC(C)=O)C2O)[C@@H]1O. The molecule has 59 heteroatoms. The van der Waals surface area contributed by atoms with Gasteiger partial charge in [-0.2, -0.15) is 0 Å². The van der Waals surface area contributed by atoms with Crippen molar-refractivity contribution in [3.8, 4) is 0 Å². The Morgan fingerprint density at radius 2 is 0.535 bits per heavy atom. The zero-order valence-electron chi connectivity index (χ0n) is 78.3. The van der Waals surface area contributed by atoms with Gasteiger partial charge in [0.25, 0.3) is 0 Å². The van der Waals surface area contributed by atoms with Crippen LogP contribution in [0.5, 0.6) is 0 Å². The Kier molecular flexibility index (Phi) is 43.4. The van der Waals surface area contributed by atoms with E-state index in [1.54, 1.807) is 13.8 Å². The first-order valence-corrected chi connectivity index (χ1v) is 46.7. The van der Waals surface area contributed by atoms with Gasteiger partial charge < -0.3 is 274 Å². The highest BCUT2D eigenvalue weighted by molar-refractivity contribution is 5.74. The Balaban J connectivity index is 0.898. The summed E-state index contributed by atoms with van der Waals surface area (Å²) in [5, 5.41) is 349. The van der Waals surface area contributed by atoms with Crippen LogP contribution in [0.25, 0.3) is 0 Å². The molecule has 0 aromatic rings. The highest BCUT2D eigenvalue weighted by Crippen LogP contribution is 2.43. The van der Waals surface area contributed by atoms with Crippen LogP contribution in [0, 0.1) is 17.8 Å². The van der Waals surface area contributed by atoms with Crippen molar-refractivity contribution in [3.05, 3.63) is 0 Å². The van der Waals surface area contributed by atoms with Gasteiger partial charge in [-0.3, -0.25) is 19.2 Å². The molecule has 34 N–H and O–H groups in total. The van der Waals surface area contributed by atoms with Gasteiger partial charge in [0.15, 0.2) is 62.9 Å². The molecule has 11 fully saturated rings. The van der Waals surface area contributed by atoms with E-state index in [0.717, 1.165) is 27.7 Å². The maximum atomic E-state index is 13.3. The average Bonchev–Trinajstić information content (AvgIpc) is 0.771. The van der Waals surface area contributed by atoms with Crippen LogP contribution < -0.4 is 21.3 Å². The van der Waals surface area contributed by atoms with Crippen molar-refractivity contribution >= 4 is 23.6 Å². The third kappa shape index (κ3) is 26.6. The standard InChI is InChI=1S/C83H142N4O55/c1-22(2)64-44(84-25(5)98)55(113)67(37(17-94)123-64)136-76-45(85-26(6)99)56(114)70(38(18-95)128-76)139-81-63(121)73(140-83-75(60(118)51(109)34(14-91)127-83)142-78-47(87-28(8)101)58(116)69(40(20-97)130-78)138-80-62(120)72(53(111)36(16-93)125-80)135-43-10-30(103)24(4)66(133-43)49(107)32(105)12-89)54(112)41(131-81)21-122-82-74(59(117)50(108)33(13-90)126-82)141-77-46(86-27(7)100)57(115)68(39(19-96)129-77)137-79-61(119)71(52(110)35(15-92)124-79)134-42-9-29(102)23(3)65(132-42)48(106)31(104)11-88/h22-24,29-83,88-97,102-121H,9-21H2,1-8H3,(H,84,98)(H,85,99)(H,86,100)(H,87,101)/t23-,24-,29-,30-,31-,32-,33?,34?,35?,36?,37?,38?,39?,40?,41?,42-,43-,44?,45?,46?,47?,48-,49-,50-,51-,52+,53+,54-,55-,56-,57-,58-,59+,60?,61?,62?,63?,64+,65?,66?,67-,68-,69-,70-,71+,72+,73+,74?,75?,76+,77+,78+,79+,80+,81+,82+,83-/m1/s1. The predicted octanol–water partition coefficient (Wildman–Crippen LogP) is -20.6. The molecule has 21 unspecified atom stereocenters. The quantitative estimate of drug-likeness (QED) is 0.0271. The molecular weight excluding hydrogens is 1930 g/mol. The first-order chi connectivity index (χ1) is 67.2. The number of amides is 4. The maximum Gasteiger partial charge on any atom is 0.217 e. The van der Waals surface area contributed by atoms with Crippen LogP contribution >= 0.6 is 0 Å². The molecule has 0 radical (unpaired) electrons. The van der Waals surface area contributed by atoms with Gasteiger partial charge in [-0.1, -0.05) is 27.7 Å². The van der Waals surface area contributed by atoms with E-state index >= 15 is 0 Å². The normalized spacial score (nSPS) is 47.6. The predicted molar refractivity (Wildman–Crippen MR) is 449 cm³/mol. The largest absolute Gasteiger partial charge is 0.394 e. The lowest BCUT2D eigenvalue weighted by Gasteiger charge is -2.51. The highest BCUT2D eigenvalue weighted by Gasteiger charge is 2.63. The summed E-state index contributed by atoms with van der Waals surface area (Å²) in [6, 6.07) is -7.24. The van der Waals surface area contributed by atoms with Crippen molar-refractivity contribution in [3.63, 3.8) is 0 Å². The van der Waals surface area contributed by atoms with Crippen molar-refractivity contribution < 1.29 is 272 Å². The summed E-state index contributed by atoms with van der Waals surface area (Å²) < 4.78 is 128. The molecule has 11 aliphatic rings. The average molecular weight is 2080 g/mol. The van der Waals surface area contributed by atoms with E-state index in [4.69, 9.17) is 99.5 Å². The fourth-order valence-corrected chi connectivity index (χ4v) is 19.3. The maximum absolute atomic E-state index is 13.3. The number of aliphatic hydroxyl groups is 30. The molecular formula is C83H142N4O55. The second-order valence-corrected chi connectivity index (χ2v) is 37.6. The molecule has 4 amide bonds. The minimum absolute atomic E-state index is 0.399. The number of aliphatic hydroxyl groups excluding tert-OH is 30. The molecule has 59 nitrogen and oxygen atoms in total. The van der Waals surface area contributed by atoms with E-state index in [2.05, 4.69) is 21.3 Å². The first kappa shape index (κ1) is 118. The van der Waals surface area contributed by atoms with Crippen molar-refractivity contribution in [2.75, 3.05) is 72.7 Å². The van der Waals surface area contributed by atoms with Crippen molar-refractivity contribution in [1.82, 2.24) is 21.3 Å². The van der Waals surface area contributed by atoms with Crippen LogP contribution in [0.1, 0.15) is 68.2 Å². The molecule has 11 aliphatic heterocycles. The molecule has 11 heterocycles. The van der Waals surface area contributed by atoms with Gasteiger partial charge >= 0.3 is 0 Å². The number of nitrogens with one attached hydrogen (secondary N) is 4. The monoisotopic (exact) mass is 2070 g/mol. The van der Waals surface area contributed by atoms with Crippen molar-refractivity contribution in [1.29, 1.82) is 0 Å². The molecule has 0 aromatic carbocycles. The Bertz CT molecular complexity index is 3860. The number of hydrogen-bond acceptors (Lipinski definition) is 55. The zero-order valence-corrected chi connectivity index (χ0v) is 78.3. The molecule has 142 heavy (non-hydrogen) atoms. The van der Waals surface area contributed by atoms with E-state index in [1.165, 1.54) is 13.8 Å². The Hall–Kier alpha value is -4.16. The summed E-state index contributed by atoms with van der Waals surface area (Å²) in [5.41, 5.74) is 0. The Labute approximate surface area is 810 Å². The molecule has 824 valence electrons. The number of carbonyl (C=O) groups excluding carboxylic acids is 4. The number of ether oxygens (including phenoxy) is 21. The summed E-state index contributed by atoms with van der Waals surface area (Å²) in [6.07, 6.45) is -103. The van der Waals surface area contributed by atoms with Crippen LogP contribution in [-0.4, -0.2) is 587 Å². The van der Waals surface area contributed by atoms with Crippen LogP contribution in [0.15, 0.2) is 0 Å². The zero-order chi connectivity index (χ0) is 105. The van der Waals surface area contributed by atoms with Crippen LogP contribution in [0.3, 0.4) is 0 Å². The molecule has 57 atom stereocenters.